The number of carbonyl (C=O) groups is 1. The van der Waals surface area contributed by atoms with Gasteiger partial charge in [-0.2, -0.15) is 0 Å². The molecule has 0 saturated carbocycles. The molecule has 0 aromatic heterocycles. The average molecular weight is 293 g/mol. The van der Waals surface area contributed by atoms with Crippen molar-refractivity contribution in [2.75, 3.05) is 19.8 Å². The Morgan fingerprint density at radius 2 is 2.14 bits per heavy atom. The lowest BCUT2D eigenvalue weighted by Crippen LogP contribution is -2.41. The number of para-hydroxylation sites is 1. The number of rotatable bonds is 5. The number of hydrogen-bond acceptors (Lipinski definition) is 5. The number of nitrogens with two attached hydrogens (primary N) is 1. The molecule has 0 atom stereocenters. The molecule has 7 heteroatoms. The number of benzene rings is 1. The number of oxime groups is 1. The topological polar surface area (TPSA) is 106 Å². The van der Waals surface area contributed by atoms with Gasteiger partial charge in [0.25, 0.3) is 5.91 Å². The summed E-state index contributed by atoms with van der Waals surface area (Å²) in [4.78, 5) is 11.8. The van der Waals surface area contributed by atoms with Crippen molar-refractivity contribution >= 4 is 11.7 Å². The number of amides is 1. The van der Waals surface area contributed by atoms with Crippen LogP contribution in [0.2, 0.25) is 0 Å². The maximum atomic E-state index is 11.8. The minimum absolute atomic E-state index is 0.0598. The zero-order valence-electron chi connectivity index (χ0n) is 11.6. The Bertz CT molecular complexity index is 513. The molecule has 1 aromatic carbocycles. The van der Waals surface area contributed by atoms with Crippen LogP contribution < -0.4 is 15.8 Å². The van der Waals surface area contributed by atoms with E-state index in [1.54, 1.807) is 24.3 Å². The summed E-state index contributed by atoms with van der Waals surface area (Å²) in [5, 5.41) is 14.6. The van der Waals surface area contributed by atoms with Gasteiger partial charge in [0, 0.05) is 19.3 Å². The van der Waals surface area contributed by atoms with Gasteiger partial charge in [0.15, 0.2) is 12.4 Å². The molecule has 21 heavy (non-hydrogen) atoms. The van der Waals surface area contributed by atoms with Crippen LogP contribution >= 0.6 is 0 Å². The van der Waals surface area contributed by atoms with Gasteiger partial charge in [0.1, 0.15) is 5.75 Å². The van der Waals surface area contributed by atoms with Gasteiger partial charge in [-0.05, 0) is 25.0 Å². The van der Waals surface area contributed by atoms with Crippen LogP contribution in [-0.4, -0.2) is 42.8 Å². The van der Waals surface area contributed by atoms with Crippen molar-refractivity contribution < 1.29 is 19.5 Å². The van der Waals surface area contributed by atoms with E-state index in [1.165, 1.54) is 0 Å². The zero-order chi connectivity index (χ0) is 15.1. The van der Waals surface area contributed by atoms with E-state index in [2.05, 4.69) is 10.5 Å². The van der Waals surface area contributed by atoms with Crippen molar-refractivity contribution in [1.29, 1.82) is 0 Å². The van der Waals surface area contributed by atoms with E-state index in [1.807, 2.05) is 0 Å². The molecule has 2 rings (SSSR count). The van der Waals surface area contributed by atoms with Gasteiger partial charge in [-0.3, -0.25) is 4.79 Å². The minimum atomic E-state index is -0.198. The fourth-order valence-electron chi connectivity index (χ4n) is 2.11. The van der Waals surface area contributed by atoms with E-state index in [4.69, 9.17) is 20.4 Å². The molecule has 1 aromatic rings. The third-order valence-corrected chi connectivity index (χ3v) is 3.22. The van der Waals surface area contributed by atoms with E-state index in [0.717, 1.165) is 12.8 Å². The first kappa shape index (κ1) is 15.1. The summed E-state index contributed by atoms with van der Waals surface area (Å²) in [7, 11) is 0. The van der Waals surface area contributed by atoms with Crippen LogP contribution in [0.3, 0.4) is 0 Å². The molecule has 1 saturated heterocycles. The maximum Gasteiger partial charge on any atom is 0.258 e. The summed E-state index contributed by atoms with van der Waals surface area (Å²) in [6.45, 7) is 1.21. The van der Waals surface area contributed by atoms with E-state index >= 15 is 0 Å². The standard InChI is InChI=1S/C14H19N3O4/c15-14(17-19)11-3-1-2-4-12(11)21-9-13(18)16-10-5-7-20-8-6-10/h1-4,10,19H,5-9H2,(H2,15,17)(H,16,18). The highest BCUT2D eigenvalue weighted by atomic mass is 16.5. The van der Waals surface area contributed by atoms with Crippen LogP contribution in [0, 0.1) is 0 Å². The Hall–Kier alpha value is -2.28. The Labute approximate surface area is 122 Å². The molecule has 4 N–H and O–H groups in total. The van der Waals surface area contributed by atoms with Gasteiger partial charge in [0.05, 0.1) is 5.56 Å². The van der Waals surface area contributed by atoms with Crippen LogP contribution in [0.4, 0.5) is 0 Å². The summed E-state index contributed by atoms with van der Waals surface area (Å²) >= 11 is 0. The van der Waals surface area contributed by atoms with Gasteiger partial charge in [-0.25, -0.2) is 0 Å². The molecule has 1 fully saturated rings. The monoisotopic (exact) mass is 293 g/mol. The summed E-state index contributed by atoms with van der Waals surface area (Å²) in [6.07, 6.45) is 1.62. The average Bonchev–Trinajstić information content (AvgIpc) is 2.53. The van der Waals surface area contributed by atoms with Crippen molar-refractivity contribution in [3.8, 4) is 5.75 Å². The second-order valence-corrected chi connectivity index (χ2v) is 4.72. The Balaban J connectivity index is 1.89. The van der Waals surface area contributed by atoms with Crippen molar-refractivity contribution in [2.24, 2.45) is 10.9 Å². The highest BCUT2D eigenvalue weighted by molar-refractivity contribution is 5.99. The van der Waals surface area contributed by atoms with Gasteiger partial charge in [-0.1, -0.05) is 17.3 Å². The molecular weight excluding hydrogens is 274 g/mol. The highest BCUT2D eigenvalue weighted by Gasteiger charge is 2.16. The SMILES string of the molecule is N/C(=N\O)c1ccccc1OCC(=O)NC1CCOCC1. The molecule has 7 nitrogen and oxygen atoms in total. The van der Waals surface area contributed by atoms with Gasteiger partial charge in [0.2, 0.25) is 0 Å². The first-order valence-electron chi connectivity index (χ1n) is 6.77. The van der Waals surface area contributed by atoms with Gasteiger partial charge in [-0.15, -0.1) is 0 Å². The van der Waals surface area contributed by atoms with Crippen LogP contribution in [0.15, 0.2) is 29.4 Å². The Kier molecular flexibility index (Phi) is 5.39. The normalized spacial score (nSPS) is 16.5. The summed E-state index contributed by atoms with van der Waals surface area (Å²) in [5.41, 5.74) is 6.00. The molecule has 0 aliphatic carbocycles. The number of carbonyl (C=O) groups excluding carboxylic acids is 1. The van der Waals surface area contributed by atoms with Crippen molar-refractivity contribution in [3.05, 3.63) is 29.8 Å². The number of nitrogens with one attached hydrogen (secondary N) is 1. The predicted octanol–water partition coefficient (Wildman–Crippen LogP) is 0.455. The van der Waals surface area contributed by atoms with Crippen molar-refractivity contribution in [2.45, 2.75) is 18.9 Å². The highest BCUT2D eigenvalue weighted by Crippen LogP contribution is 2.17. The quantitative estimate of drug-likeness (QED) is 0.316. The fourth-order valence-corrected chi connectivity index (χ4v) is 2.11. The lowest BCUT2D eigenvalue weighted by molar-refractivity contribution is -0.124. The smallest absolute Gasteiger partial charge is 0.258 e. The van der Waals surface area contributed by atoms with Gasteiger partial charge < -0.3 is 25.7 Å². The molecule has 0 spiro atoms. The van der Waals surface area contributed by atoms with E-state index in [0.29, 0.717) is 24.5 Å². The van der Waals surface area contributed by atoms with E-state index in [9.17, 15) is 4.79 Å². The van der Waals surface area contributed by atoms with Gasteiger partial charge >= 0.3 is 0 Å². The lowest BCUT2D eigenvalue weighted by atomic mass is 10.1. The molecule has 1 heterocycles. The van der Waals surface area contributed by atoms with Crippen LogP contribution in [0.5, 0.6) is 5.75 Å². The number of ether oxygens (including phenoxy) is 2. The molecule has 1 amide bonds. The Morgan fingerprint density at radius 1 is 1.43 bits per heavy atom. The lowest BCUT2D eigenvalue weighted by Gasteiger charge is -2.23. The number of hydrogen-bond donors (Lipinski definition) is 3. The van der Waals surface area contributed by atoms with Crippen LogP contribution in [0.1, 0.15) is 18.4 Å². The molecule has 114 valence electrons. The van der Waals surface area contributed by atoms with Crippen LogP contribution in [0.25, 0.3) is 0 Å². The van der Waals surface area contributed by atoms with E-state index in [-0.39, 0.29) is 24.4 Å². The molecule has 0 radical (unpaired) electrons. The molecule has 1 aliphatic heterocycles. The maximum absolute atomic E-state index is 11.8. The number of amidine groups is 1. The molecular formula is C14H19N3O4. The second-order valence-electron chi connectivity index (χ2n) is 4.72. The zero-order valence-corrected chi connectivity index (χ0v) is 11.6. The second kappa shape index (κ2) is 7.49. The Morgan fingerprint density at radius 3 is 2.86 bits per heavy atom. The van der Waals surface area contributed by atoms with Crippen LogP contribution in [-0.2, 0) is 9.53 Å². The summed E-state index contributed by atoms with van der Waals surface area (Å²) in [5.74, 6) is 0.140. The summed E-state index contributed by atoms with van der Waals surface area (Å²) < 4.78 is 10.7. The van der Waals surface area contributed by atoms with E-state index < -0.39 is 0 Å². The molecule has 0 unspecified atom stereocenters. The summed E-state index contributed by atoms with van der Waals surface area (Å²) in [6, 6.07) is 6.94. The van der Waals surface area contributed by atoms with Crippen molar-refractivity contribution in [3.63, 3.8) is 0 Å². The largest absolute Gasteiger partial charge is 0.483 e. The third-order valence-electron chi connectivity index (χ3n) is 3.22. The minimum Gasteiger partial charge on any atom is -0.483 e. The first-order chi connectivity index (χ1) is 10.2. The predicted molar refractivity (Wildman–Crippen MR) is 76.4 cm³/mol. The fraction of sp³-hybridized carbons (Fsp3) is 0.429. The first-order valence-corrected chi connectivity index (χ1v) is 6.77. The van der Waals surface area contributed by atoms with Crippen molar-refractivity contribution in [1.82, 2.24) is 5.32 Å². The molecule has 1 aliphatic rings. The molecule has 0 bridgehead atoms. The number of nitrogens with zero attached hydrogens (tertiary/aromatic N) is 1. The third kappa shape index (κ3) is 4.35.